The van der Waals surface area contributed by atoms with Crippen LogP contribution in [0.3, 0.4) is 0 Å². The number of carbonyl (C=O) groups excluding carboxylic acids is 1. The Labute approximate surface area is 164 Å². The summed E-state index contributed by atoms with van der Waals surface area (Å²) in [4.78, 5) is 13.9. The van der Waals surface area contributed by atoms with E-state index in [4.69, 9.17) is 4.52 Å². The second kappa shape index (κ2) is 8.14. The van der Waals surface area contributed by atoms with Gasteiger partial charge in [-0.25, -0.2) is 8.42 Å². The molecule has 0 radical (unpaired) electrons. The largest absolute Gasteiger partial charge is 0.356 e. The highest BCUT2D eigenvalue weighted by atomic mass is 35.5. The predicted molar refractivity (Wildman–Crippen MR) is 103 cm³/mol. The second-order valence-electron chi connectivity index (χ2n) is 6.80. The topological polar surface area (TPSA) is 95.8 Å². The normalized spacial score (nSPS) is 22.0. The highest BCUT2D eigenvalue weighted by molar-refractivity contribution is 7.88. The van der Waals surface area contributed by atoms with E-state index in [2.05, 4.69) is 10.5 Å². The molecule has 1 aromatic heterocycles. The molecule has 10 heteroatoms. The molecular weight excluding hydrogens is 392 g/mol. The van der Waals surface area contributed by atoms with Gasteiger partial charge in [-0.3, -0.25) is 4.79 Å². The van der Waals surface area contributed by atoms with Crippen LogP contribution in [0.5, 0.6) is 0 Å². The molecule has 0 bridgehead atoms. The zero-order valence-corrected chi connectivity index (χ0v) is 16.5. The molecule has 27 heavy (non-hydrogen) atoms. The van der Waals surface area contributed by atoms with Crippen LogP contribution in [0.15, 0.2) is 28.8 Å². The van der Waals surface area contributed by atoms with Gasteiger partial charge in [0.05, 0.1) is 6.54 Å². The Morgan fingerprint density at radius 1 is 1.26 bits per heavy atom. The number of sulfonamides is 1. The van der Waals surface area contributed by atoms with Crippen molar-refractivity contribution >= 4 is 39.3 Å². The lowest BCUT2D eigenvalue weighted by molar-refractivity contribution is -0.135. The molecule has 3 heterocycles. The molecule has 4 rings (SSSR count). The van der Waals surface area contributed by atoms with E-state index < -0.39 is 10.0 Å². The van der Waals surface area contributed by atoms with Crippen molar-refractivity contribution in [3.05, 3.63) is 30.0 Å². The minimum absolute atomic E-state index is 0. The van der Waals surface area contributed by atoms with Gasteiger partial charge < -0.3 is 14.7 Å². The first kappa shape index (κ1) is 20.1. The molecule has 0 saturated carbocycles. The van der Waals surface area contributed by atoms with E-state index in [0.29, 0.717) is 37.5 Å². The number of amides is 1. The van der Waals surface area contributed by atoms with Gasteiger partial charge in [0.15, 0.2) is 5.58 Å². The number of fused-ring (bicyclic) bond motifs is 1. The first-order chi connectivity index (χ1) is 12.5. The fourth-order valence-electron chi connectivity index (χ4n) is 3.74. The Morgan fingerprint density at radius 3 is 2.89 bits per heavy atom. The van der Waals surface area contributed by atoms with Crippen LogP contribution in [0.4, 0.5) is 0 Å². The maximum absolute atomic E-state index is 12.9. The van der Waals surface area contributed by atoms with E-state index in [1.165, 1.54) is 4.31 Å². The number of para-hydroxylation sites is 1. The van der Waals surface area contributed by atoms with Crippen molar-refractivity contribution in [2.24, 2.45) is 0 Å². The Hall–Kier alpha value is -1.68. The van der Waals surface area contributed by atoms with Crippen molar-refractivity contribution in [1.29, 1.82) is 0 Å². The summed E-state index contributed by atoms with van der Waals surface area (Å²) >= 11 is 0. The molecule has 1 amide bonds. The highest BCUT2D eigenvalue weighted by Gasteiger charge is 2.35. The van der Waals surface area contributed by atoms with Gasteiger partial charge in [-0.2, -0.15) is 4.31 Å². The second-order valence-corrected chi connectivity index (χ2v) is 8.77. The smallest absolute Gasteiger partial charge is 0.236 e. The number of rotatable bonds is 4. The Bertz CT molecular complexity index is 917. The number of piperidine rings is 1. The number of hydrogen-bond donors (Lipinski definition) is 1. The van der Waals surface area contributed by atoms with Gasteiger partial charge in [-0.1, -0.05) is 17.3 Å². The SMILES string of the molecule is Cl.O=C1CNCCN1C1CCCN(S(=O)(=O)Cc2noc3ccccc23)C1. The molecule has 1 N–H and O–H groups in total. The molecular formula is C17H23ClN4O4S. The lowest BCUT2D eigenvalue weighted by atomic mass is 10.1. The van der Waals surface area contributed by atoms with Crippen molar-refractivity contribution in [2.75, 3.05) is 32.7 Å². The van der Waals surface area contributed by atoms with Crippen LogP contribution in [0.25, 0.3) is 11.0 Å². The fraction of sp³-hybridized carbons (Fsp3) is 0.529. The standard InChI is InChI=1S/C17H22N4O4S.ClH/c22-17-10-18-7-9-21(17)13-4-3-8-20(11-13)26(23,24)12-15-14-5-1-2-6-16(14)25-19-15;/h1-2,5-6,13,18H,3-4,7-12H2;1H. The molecule has 148 valence electrons. The van der Waals surface area contributed by atoms with Crippen LogP contribution in [0.1, 0.15) is 18.5 Å². The molecule has 8 nitrogen and oxygen atoms in total. The van der Waals surface area contributed by atoms with Gasteiger partial charge in [0, 0.05) is 37.6 Å². The summed E-state index contributed by atoms with van der Waals surface area (Å²) in [6.07, 6.45) is 1.59. The monoisotopic (exact) mass is 414 g/mol. The maximum atomic E-state index is 12.9. The minimum atomic E-state index is -3.53. The summed E-state index contributed by atoms with van der Waals surface area (Å²) in [5.41, 5.74) is 1.02. The number of nitrogens with one attached hydrogen (secondary N) is 1. The van der Waals surface area contributed by atoms with Gasteiger partial charge in [0.1, 0.15) is 11.4 Å². The summed E-state index contributed by atoms with van der Waals surface area (Å²) in [5, 5.41) is 7.72. The number of benzene rings is 1. The van der Waals surface area contributed by atoms with Gasteiger partial charge in [0.2, 0.25) is 15.9 Å². The van der Waals surface area contributed by atoms with Crippen molar-refractivity contribution in [3.8, 4) is 0 Å². The average Bonchev–Trinajstić information content (AvgIpc) is 3.05. The predicted octanol–water partition coefficient (Wildman–Crippen LogP) is 0.976. The summed E-state index contributed by atoms with van der Waals surface area (Å²) in [6.45, 7) is 2.54. The van der Waals surface area contributed by atoms with Crippen LogP contribution in [-0.4, -0.2) is 67.5 Å². The number of aromatic nitrogens is 1. The molecule has 2 aromatic rings. The van der Waals surface area contributed by atoms with Crippen LogP contribution >= 0.6 is 12.4 Å². The van der Waals surface area contributed by atoms with Gasteiger partial charge >= 0.3 is 0 Å². The molecule has 2 fully saturated rings. The molecule has 1 atom stereocenters. The van der Waals surface area contributed by atoms with Crippen LogP contribution in [0.2, 0.25) is 0 Å². The van der Waals surface area contributed by atoms with E-state index in [1.807, 2.05) is 23.1 Å². The fourth-order valence-corrected chi connectivity index (χ4v) is 5.28. The Kier molecular flexibility index (Phi) is 6.05. The van der Waals surface area contributed by atoms with E-state index in [1.54, 1.807) is 6.07 Å². The minimum Gasteiger partial charge on any atom is -0.356 e. The third kappa shape index (κ3) is 4.11. The molecule has 0 aliphatic carbocycles. The zero-order valence-electron chi connectivity index (χ0n) is 14.8. The molecule has 2 saturated heterocycles. The van der Waals surface area contributed by atoms with Crippen molar-refractivity contribution < 1.29 is 17.7 Å². The van der Waals surface area contributed by atoms with Gasteiger partial charge in [-0.15, -0.1) is 12.4 Å². The van der Waals surface area contributed by atoms with Crippen molar-refractivity contribution in [3.63, 3.8) is 0 Å². The third-order valence-electron chi connectivity index (χ3n) is 5.09. The number of halogens is 1. The van der Waals surface area contributed by atoms with E-state index >= 15 is 0 Å². The summed E-state index contributed by atoms with van der Waals surface area (Å²) in [6, 6.07) is 7.19. The molecule has 2 aliphatic heterocycles. The van der Waals surface area contributed by atoms with Gasteiger partial charge in [-0.05, 0) is 25.0 Å². The number of piperazine rings is 1. The van der Waals surface area contributed by atoms with Crippen molar-refractivity contribution in [1.82, 2.24) is 19.7 Å². The Balaban J connectivity index is 0.00000210. The maximum Gasteiger partial charge on any atom is 0.236 e. The zero-order chi connectivity index (χ0) is 18.1. The first-order valence-corrected chi connectivity index (χ1v) is 10.5. The first-order valence-electron chi connectivity index (χ1n) is 8.86. The van der Waals surface area contributed by atoms with Crippen LogP contribution in [-0.2, 0) is 20.6 Å². The average molecular weight is 415 g/mol. The number of carbonyl (C=O) groups is 1. The third-order valence-corrected chi connectivity index (χ3v) is 6.85. The molecule has 1 aromatic carbocycles. The lowest BCUT2D eigenvalue weighted by Gasteiger charge is -2.40. The van der Waals surface area contributed by atoms with Gasteiger partial charge in [0.25, 0.3) is 0 Å². The molecule has 2 aliphatic rings. The lowest BCUT2D eigenvalue weighted by Crippen LogP contribution is -2.57. The Morgan fingerprint density at radius 2 is 2.07 bits per heavy atom. The van der Waals surface area contributed by atoms with E-state index in [0.717, 1.165) is 24.8 Å². The summed E-state index contributed by atoms with van der Waals surface area (Å²) < 4.78 is 32.6. The quantitative estimate of drug-likeness (QED) is 0.801. The molecule has 1 unspecified atom stereocenters. The highest BCUT2D eigenvalue weighted by Crippen LogP contribution is 2.24. The molecule has 0 spiro atoms. The van der Waals surface area contributed by atoms with E-state index in [9.17, 15) is 13.2 Å². The van der Waals surface area contributed by atoms with E-state index in [-0.39, 0.29) is 30.1 Å². The van der Waals surface area contributed by atoms with Crippen LogP contribution < -0.4 is 5.32 Å². The number of nitrogens with zero attached hydrogens (tertiary/aromatic N) is 3. The summed E-state index contributed by atoms with van der Waals surface area (Å²) in [7, 11) is -3.53. The van der Waals surface area contributed by atoms with Crippen molar-refractivity contribution in [2.45, 2.75) is 24.6 Å². The summed E-state index contributed by atoms with van der Waals surface area (Å²) in [5.74, 6) is -0.144. The van der Waals surface area contributed by atoms with Crippen LogP contribution in [0, 0.1) is 0 Å². The number of hydrogen-bond acceptors (Lipinski definition) is 6.